The highest BCUT2D eigenvalue weighted by molar-refractivity contribution is 7.16. The molecule has 0 saturated carbocycles. The van der Waals surface area contributed by atoms with Crippen LogP contribution in [0, 0.1) is 0 Å². The van der Waals surface area contributed by atoms with Gasteiger partial charge in [-0.1, -0.05) is 44.0 Å². The Labute approximate surface area is 163 Å². The van der Waals surface area contributed by atoms with Crippen molar-refractivity contribution in [1.29, 1.82) is 0 Å². The monoisotopic (exact) mass is 378 g/mol. The minimum Gasteiger partial charge on any atom is -0.494 e. The molecule has 1 heterocycles. The van der Waals surface area contributed by atoms with Gasteiger partial charge in [0.15, 0.2) is 5.13 Å². The second kappa shape index (κ2) is 7.92. The highest BCUT2D eigenvalue weighted by Gasteiger charge is 2.23. The molecule has 1 aliphatic carbocycles. The van der Waals surface area contributed by atoms with Crippen molar-refractivity contribution in [3.05, 3.63) is 64.5 Å². The zero-order valence-corrected chi connectivity index (χ0v) is 16.1. The first-order valence-electron chi connectivity index (χ1n) is 9.37. The lowest BCUT2D eigenvalue weighted by molar-refractivity contribution is 0.102. The van der Waals surface area contributed by atoms with Gasteiger partial charge in [-0.25, -0.2) is 4.98 Å². The third kappa shape index (κ3) is 3.88. The fourth-order valence-corrected chi connectivity index (χ4v) is 4.22. The molecular weight excluding hydrogens is 356 g/mol. The molecule has 27 heavy (non-hydrogen) atoms. The van der Waals surface area contributed by atoms with Gasteiger partial charge in [0.2, 0.25) is 0 Å². The van der Waals surface area contributed by atoms with Gasteiger partial charge < -0.3 is 4.74 Å². The summed E-state index contributed by atoms with van der Waals surface area (Å²) < 4.78 is 5.69. The zero-order chi connectivity index (χ0) is 18.6. The van der Waals surface area contributed by atoms with E-state index in [1.807, 2.05) is 18.2 Å². The van der Waals surface area contributed by atoms with E-state index in [4.69, 9.17) is 4.74 Å². The van der Waals surface area contributed by atoms with E-state index in [1.54, 1.807) is 23.5 Å². The molecular formula is C22H22N2O2S. The molecule has 3 aromatic rings. The van der Waals surface area contributed by atoms with Gasteiger partial charge in [0.25, 0.3) is 5.91 Å². The van der Waals surface area contributed by atoms with Crippen molar-refractivity contribution in [2.75, 3.05) is 11.9 Å². The van der Waals surface area contributed by atoms with Gasteiger partial charge in [0.05, 0.1) is 12.3 Å². The quantitative estimate of drug-likeness (QED) is 0.430. The second-order valence-electron chi connectivity index (χ2n) is 6.66. The molecule has 1 aromatic heterocycles. The maximum atomic E-state index is 12.5. The number of rotatable bonds is 7. The summed E-state index contributed by atoms with van der Waals surface area (Å²) in [5.41, 5.74) is 4.08. The maximum Gasteiger partial charge on any atom is 0.257 e. The van der Waals surface area contributed by atoms with Crippen LogP contribution in [0.25, 0.3) is 11.3 Å². The van der Waals surface area contributed by atoms with Crippen LogP contribution < -0.4 is 10.1 Å². The number of aromatic nitrogens is 1. The predicted molar refractivity (Wildman–Crippen MR) is 110 cm³/mol. The molecule has 0 radical (unpaired) electrons. The number of ether oxygens (including phenoxy) is 1. The van der Waals surface area contributed by atoms with Crippen LogP contribution in [0.4, 0.5) is 5.13 Å². The fourth-order valence-electron chi connectivity index (χ4n) is 3.23. The third-order valence-corrected chi connectivity index (χ3v) is 5.65. The van der Waals surface area contributed by atoms with E-state index in [2.05, 4.69) is 35.4 Å². The first-order valence-corrected chi connectivity index (χ1v) is 10.2. The van der Waals surface area contributed by atoms with Crippen molar-refractivity contribution in [2.24, 2.45) is 0 Å². The Kier molecular flexibility index (Phi) is 5.21. The van der Waals surface area contributed by atoms with Crippen LogP contribution in [0.15, 0.2) is 48.5 Å². The van der Waals surface area contributed by atoms with E-state index < -0.39 is 0 Å². The molecule has 0 spiro atoms. The lowest BCUT2D eigenvalue weighted by Crippen LogP contribution is -2.11. The largest absolute Gasteiger partial charge is 0.494 e. The first-order chi connectivity index (χ1) is 13.2. The van der Waals surface area contributed by atoms with Crippen molar-refractivity contribution in [3.8, 4) is 17.0 Å². The number of thiazole rings is 1. The van der Waals surface area contributed by atoms with Gasteiger partial charge in [0, 0.05) is 22.4 Å². The lowest BCUT2D eigenvalue weighted by atomic mass is 10.1. The molecule has 1 aliphatic rings. The first kappa shape index (κ1) is 17.7. The second-order valence-corrected chi connectivity index (χ2v) is 7.74. The minimum atomic E-state index is -0.145. The number of carbonyl (C=O) groups is 1. The minimum absolute atomic E-state index is 0.145. The highest BCUT2D eigenvalue weighted by atomic mass is 32.1. The number of nitrogens with one attached hydrogen (secondary N) is 1. The number of hydrogen-bond donors (Lipinski definition) is 1. The molecule has 5 heteroatoms. The van der Waals surface area contributed by atoms with E-state index in [-0.39, 0.29) is 5.91 Å². The van der Waals surface area contributed by atoms with Crippen LogP contribution in [-0.2, 0) is 6.42 Å². The van der Waals surface area contributed by atoms with Crippen LogP contribution in [0.2, 0.25) is 0 Å². The van der Waals surface area contributed by atoms with Gasteiger partial charge >= 0.3 is 0 Å². The Bertz CT molecular complexity index is 947. The molecule has 1 N–H and O–H groups in total. The summed E-state index contributed by atoms with van der Waals surface area (Å²) >= 11 is 1.55. The van der Waals surface area contributed by atoms with E-state index in [1.165, 1.54) is 28.8 Å². The van der Waals surface area contributed by atoms with Crippen LogP contribution >= 0.6 is 11.3 Å². The maximum absolute atomic E-state index is 12.5. The average Bonchev–Trinajstić information content (AvgIpc) is 3.23. The zero-order valence-electron chi connectivity index (χ0n) is 15.3. The van der Waals surface area contributed by atoms with Gasteiger partial charge in [-0.05, 0) is 36.2 Å². The number of anilines is 1. The summed E-state index contributed by atoms with van der Waals surface area (Å²) in [6, 6.07) is 15.6. The SMILES string of the molecule is CCCCCOc1ccc(C(=O)Nc2nc3c(s2)Cc2ccccc2-3)cc1. The predicted octanol–water partition coefficient (Wildman–Crippen LogP) is 5.54. The number of unbranched alkanes of at least 4 members (excludes halogenated alkanes) is 2. The molecule has 4 rings (SSSR count). The van der Waals surface area contributed by atoms with Crippen LogP contribution in [0.1, 0.15) is 47.0 Å². The standard InChI is InChI=1S/C22H22N2O2S/c1-2-3-6-13-26-17-11-9-15(10-12-17)21(25)24-22-23-20-18-8-5-4-7-16(18)14-19(20)27-22/h4-5,7-12H,2-3,6,13-14H2,1H3,(H,23,24,25). The van der Waals surface area contributed by atoms with E-state index in [9.17, 15) is 4.79 Å². The summed E-state index contributed by atoms with van der Waals surface area (Å²) in [5, 5.41) is 3.58. The lowest BCUT2D eigenvalue weighted by Gasteiger charge is -2.07. The van der Waals surface area contributed by atoms with E-state index in [0.29, 0.717) is 17.3 Å². The van der Waals surface area contributed by atoms with E-state index >= 15 is 0 Å². The normalized spacial score (nSPS) is 11.7. The number of hydrogen-bond acceptors (Lipinski definition) is 4. The van der Waals surface area contributed by atoms with E-state index in [0.717, 1.165) is 24.3 Å². The van der Waals surface area contributed by atoms with Crippen LogP contribution in [0.5, 0.6) is 5.75 Å². The summed E-state index contributed by atoms with van der Waals surface area (Å²) in [4.78, 5) is 18.4. The van der Waals surface area contributed by atoms with Crippen molar-refractivity contribution in [2.45, 2.75) is 32.6 Å². The topological polar surface area (TPSA) is 51.2 Å². The Morgan fingerprint density at radius 2 is 1.96 bits per heavy atom. The number of nitrogens with zero attached hydrogens (tertiary/aromatic N) is 1. The van der Waals surface area contributed by atoms with Crippen molar-refractivity contribution < 1.29 is 9.53 Å². The average molecular weight is 378 g/mol. The van der Waals surface area contributed by atoms with Gasteiger partial charge in [-0.15, -0.1) is 11.3 Å². The third-order valence-electron chi connectivity index (χ3n) is 4.67. The number of carbonyl (C=O) groups excluding carboxylic acids is 1. The molecule has 4 nitrogen and oxygen atoms in total. The van der Waals surface area contributed by atoms with Gasteiger partial charge in [0.1, 0.15) is 5.75 Å². The van der Waals surface area contributed by atoms with Crippen molar-refractivity contribution in [3.63, 3.8) is 0 Å². The Balaban J connectivity index is 1.39. The molecule has 0 aliphatic heterocycles. The van der Waals surface area contributed by atoms with Crippen molar-refractivity contribution >= 4 is 22.4 Å². The fraction of sp³-hybridized carbons (Fsp3) is 0.273. The summed E-state index contributed by atoms with van der Waals surface area (Å²) in [7, 11) is 0. The molecule has 2 aromatic carbocycles. The molecule has 0 saturated heterocycles. The summed E-state index contributed by atoms with van der Waals surface area (Å²) in [5.74, 6) is 0.653. The highest BCUT2D eigenvalue weighted by Crippen LogP contribution is 2.40. The Morgan fingerprint density at radius 1 is 1.15 bits per heavy atom. The molecule has 0 bridgehead atoms. The van der Waals surface area contributed by atoms with Crippen LogP contribution in [-0.4, -0.2) is 17.5 Å². The van der Waals surface area contributed by atoms with Gasteiger partial charge in [-0.2, -0.15) is 0 Å². The molecule has 0 atom stereocenters. The Morgan fingerprint density at radius 3 is 2.78 bits per heavy atom. The van der Waals surface area contributed by atoms with Gasteiger partial charge in [-0.3, -0.25) is 10.1 Å². The Hall–Kier alpha value is -2.66. The molecule has 138 valence electrons. The molecule has 0 unspecified atom stereocenters. The summed E-state index contributed by atoms with van der Waals surface area (Å²) in [6.45, 7) is 2.88. The van der Waals surface area contributed by atoms with Crippen molar-refractivity contribution in [1.82, 2.24) is 4.98 Å². The number of fused-ring (bicyclic) bond motifs is 3. The number of benzene rings is 2. The summed E-state index contributed by atoms with van der Waals surface area (Å²) in [6.07, 6.45) is 4.29. The smallest absolute Gasteiger partial charge is 0.257 e. The number of amides is 1. The van der Waals surface area contributed by atoms with Crippen LogP contribution in [0.3, 0.4) is 0 Å². The molecule has 1 amide bonds. The molecule has 0 fully saturated rings.